The predicted molar refractivity (Wildman–Crippen MR) is 213 cm³/mol. The predicted octanol–water partition coefficient (Wildman–Crippen LogP) is 13.1. The summed E-state index contributed by atoms with van der Waals surface area (Å²) in [6, 6.07) is 65.6. The third-order valence-electron chi connectivity index (χ3n) is 10.5. The van der Waals surface area contributed by atoms with Crippen LogP contribution in [0.2, 0.25) is 0 Å². The van der Waals surface area contributed by atoms with Crippen LogP contribution in [-0.2, 0) is 0 Å². The number of aromatic nitrogens is 2. The number of furan rings is 1. The third kappa shape index (κ3) is 4.25. The molecule has 238 valence electrons. The highest BCUT2D eigenvalue weighted by molar-refractivity contribution is 6.13. The van der Waals surface area contributed by atoms with Crippen LogP contribution in [0, 0.1) is 0 Å². The van der Waals surface area contributed by atoms with Crippen molar-refractivity contribution in [2.45, 2.75) is 0 Å². The van der Waals surface area contributed by atoms with Crippen molar-refractivity contribution in [1.29, 1.82) is 0 Å². The van der Waals surface area contributed by atoms with Crippen LogP contribution < -0.4 is 0 Å². The highest BCUT2D eigenvalue weighted by Crippen LogP contribution is 2.39. The fraction of sp³-hybridized carbons (Fsp3) is 0. The van der Waals surface area contributed by atoms with E-state index in [2.05, 4.69) is 179 Å². The first kappa shape index (κ1) is 28.0. The van der Waals surface area contributed by atoms with Gasteiger partial charge < -0.3 is 13.6 Å². The molecular weight excluding hydrogens is 621 g/mol. The van der Waals surface area contributed by atoms with E-state index >= 15 is 0 Å². The second-order valence-electron chi connectivity index (χ2n) is 13.4. The van der Waals surface area contributed by atoms with Gasteiger partial charge in [-0.1, -0.05) is 115 Å². The van der Waals surface area contributed by atoms with Gasteiger partial charge in [-0.3, -0.25) is 0 Å². The molecule has 0 bridgehead atoms. The summed E-state index contributed by atoms with van der Waals surface area (Å²) >= 11 is 0. The van der Waals surface area contributed by atoms with Gasteiger partial charge in [0.1, 0.15) is 11.2 Å². The molecule has 0 atom stereocenters. The molecule has 0 amide bonds. The molecule has 0 unspecified atom stereocenters. The molecule has 8 aromatic carbocycles. The van der Waals surface area contributed by atoms with E-state index in [0.717, 1.165) is 33.3 Å². The van der Waals surface area contributed by atoms with Crippen LogP contribution >= 0.6 is 0 Å². The van der Waals surface area contributed by atoms with Crippen LogP contribution in [0.4, 0.5) is 0 Å². The lowest BCUT2D eigenvalue weighted by Crippen LogP contribution is -1.94. The van der Waals surface area contributed by atoms with Gasteiger partial charge in [0.15, 0.2) is 0 Å². The van der Waals surface area contributed by atoms with Crippen molar-refractivity contribution in [3.8, 4) is 33.6 Å². The average Bonchev–Trinajstić information content (AvgIpc) is 3.85. The Hall–Kier alpha value is -6.84. The van der Waals surface area contributed by atoms with Crippen LogP contribution in [0.5, 0.6) is 0 Å². The maximum absolute atomic E-state index is 6.33. The minimum atomic E-state index is 0.895. The van der Waals surface area contributed by atoms with E-state index in [1.54, 1.807) is 0 Å². The monoisotopic (exact) mass is 650 g/mol. The maximum atomic E-state index is 6.33. The van der Waals surface area contributed by atoms with Crippen molar-refractivity contribution >= 4 is 65.6 Å². The largest absolute Gasteiger partial charge is 0.456 e. The first-order chi connectivity index (χ1) is 25.3. The Morgan fingerprint density at radius 3 is 1.67 bits per heavy atom. The number of benzene rings is 8. The summed E-state index contributed by atoms with van der Waals surface area (Å²) < 4.78 is 11.1. The van der Waals surface area contributed by atoms with Crippen molar-refractivity contribution in [1.82, 2.24) is 9.13 Å². The normalized spacial score (nSPS) is 11.9. The topological polar surface area (TPSA) is 23.0 Å². The molecule has 51 heavy (non-hydrogen) atoms. The summed E-state index contributed by atoms with van der Waals surface area (Å²) in [5.41, 5.74) is 13.6. The molecular formula is C48H30N2O. The van der Waals surface area contributed by atoms with Crippen LogP contribution in [-0.4, -0.2) is 9.13 Å². The number of fused-ring (bicyclic) bond motifs is 9. The Labute approximate surface area is 293 Å². The Bertz CT molecular complexity index is 3140. The molecule has 3 heteroatoms. The first-order valence-electron chi connectivity index (χ1n) is 17.4. The smallest absolute Gasteiger partial charge is 0.137 e. The van der Waals surface area contributed by atoms with Gasteiger partial charge in [-0.05, 0) is 82.9 Å². The SMILES string of the molecule is c1ccc(-c2cccc(-n3c4ccccc4c4cc(-c5ccc6c7ccccc7n(-c7ccc8c(c7)oc7ccccc78)c6c5)ccc43)c2)cc1. The zero-order valence-electron chi connectivity index (χ0n) is 27.6. The van der Waals surface area contributed by atoms with Gasteiger partial charge in [-0.15, -0.1) is 0 Å². The van der Waals surface area contributed by atoms with Gasteiger partial charge in [0.25, 0.3) is 0 Å². The molecule has 3 heterocycles. The van der Waals surface area contributed by atoms with Gasteiger partial charge in [0.05, 0.1) is 22.1 Å². The molecule has 0 spiro atoms. The Balaban J connectivity index is 1.09. The number of hydrogen-bond acceptors (Lipinski definition) is 1. The minimum Gasteiger partial charge on any atom is -0.456 e. The van der Waals surface area contributed by atoms with E-state index in [9.17, 15) is 0 Å². The van der Waals surface area contributed by atoms with E-state index in [4.69, 9.17) is 4.42 Å². The standard InChI is InChI=1S/C48H30N2O/c1-2-11-31(12-3-1)32-13-10-14-35(27-32)49-44-19-8-5-16-38(44)42-28-33(22-26-45(42)49)34-21-24-39-37-15-4-7-18-43(37)50(46(39)29-34)36-23-25-41-40-17-6-9-20-47(40)51-48(41)30-36/h1-30H. The highest BCUT2D eigenvalue weighted by atomic mass is 16.3. The molecule has 0 aliphatic heterocycles. The Kier molecular flexibility index (Phi) is 5.96. The van der Waals surface area contributed by atoms with Crippen molar-refractivity contribution < 1.29 is 4.42 Å². The van der Waals surface area contributed by atoms with Gasteiger partial charge in [0.2, 0.25) is 0 Å². The molecule has 3 aromatic heterocycles. The fourth-order valence-corrected chi connectivity index (χ4v) is 8.17. The number of para-hydroxylation sites is 3. The molecule has 3 nitrogen and oxygen atoms in total. The Morgan fingerprint density at radius 2 is 0.824 bits per heavy atom. The first-order valence-corrected chi connectivity index (χ1v) is 17.4. The molecule has 0 aliphatic rings. The van der Waals surface area contributed by atoms with E-state index in [0.29, 0.717) is 0 Å². The average molecular weight is 651 g/mol. The van der Waals surface area contributed by atoms with Crippen LogP contribution in [0.15, 0.2) is 186 Å². The van der Waals surface area contributed by atoms with Gasteiger partial charge in [-0.2, -0.15) is 0 Å². The van der Waals surface area contributed by atoms with E-state index < -0.39 is 0 Å². The fourth-order valence-electron chi connectivity index (χ4n) is 8.17. The van der Waals surface area contributed by atoms with Crippen LogP contribution in [0.25, 0.3) is 99.2 Å². The van der Waals surface area contributed by atoms with Crippen molar-refractivity contribution in [2.75, 3.05) is 0 Å². The zero-order valence-corrected chi connectivity index (χ0v) is 27.6. The van der Waals surface area contributed by atoms with E-state index in [1.165, 1.54) is 65.9 Å². The number of nitrogens with zero attached hydrogens (tertiary/aromatic N) is 2. The number of rotatable bonds is 4. The lowest BCUT2D eigenvalue weighted by atomic mass is 10.0. The second kappa shape index (κ2) is 10.8. The molecule has 0 saturated heterocycles. The Morgan fingerprint density at radius 1 is 0.275 bits per heavy atom. The summed E-state index contributed by atoms with van der Waals surface area (Å²) in [6.45, 7) is 0. The number of hydrogen-bond donors (Lipinski definition) is 0. The molecule has 0 saturated carbocycles. The summed E-state index contributed by atoms with van der Waals surface area (Å²) in [4.78, 5) is 0. The highest BCUT2D eigenvalue weighted by Gasteiger charge is 2.17. The van der Waals surface area contributed by atoms with Crippen LogP contribution in [0.3, 0.4) is 0 Å². The molecule has 0 fully saturated rings. The molecule has 0 N–H and O–H groups in total. The van der Waals surface area contributed by atoms with Crippen LogP contribution in [0.1, 0.15) is 0 Å². The second-order valence-corrected chi connectivity index (χ2v) is 13.4. The van der Waals surface area contributed by atoms with E-state index in [-0.39, 0.29) is 0 Å². The lowest BCUT2D eigenvalue weighted by Gasteiger charge is -2.11. The summed E-state index contributed by atoms with van der Waals surface area (Å²) in [5.74, 6) is 0. The molecule has 0 radical (unpaired) electrons. The van der Waals surface area contributed by atoms with E-state index in [1.807, 2.05) is 12.1 Å². The molecule has 11 aromatic rings. The minimum absolute atomic E-state index is 0.895. The van der Waals surface area contributed by atoms with Gasteiger partial charge in [-0.25, -0.2) is 0 Å². The summed E-state index contributed by atoms with van der Waals surface area (Å²) in [7, 11) is 0. The summed E-state index contributed by atoms with van der Waals surface area (Å²) in [5, 5.41) is 7.23. The van der Waals surface area contributed by atoms with Crippen molar-refractivity contribution in [3.63, 3.8) is 0 Å². The van der Waals surface area contributed by atoms with Crippen molar-refractivity contribution in [2.24, 2.45) is 0 Å². The summed E-state index contributed by atoms with van der Waals surface area (Å²) in [6.07, 6.45) is 0. The molecule has 11 rings (SSSR count). The van der Waals surface area contributed by atoms with Gasteiger partial charge >= 0.3 is 0 Å². The van der Waals surface area contributed by atoms with Crippen molar-refractivity contribution in [3.05, 3.63) is 182 Å². The quantitative estimate of drug-likeness (QED) is 0.186. The maximum Gasteiger partial charge on any atom is 0.137 e. The van der Waals surface area contributed by atoms with Gasteiger partial charge in [0, 0.05) is 49.8 Å². The third-order valence-corrected chi connectivity index (χ3v) is 10.5. The molecule has 0 aliphatic carbocycles. The zero-order chi connectivity index (χ0) is 33.5. The lowest BCUT2D eigenvalue weighted by molar-refractivity contribution is 0.668.